The molecule has 0 aliphatic carbocycles. The van der Waals surface area contributed by atoms with E-state index in [9.17, 15) is 0 Å². The summed E-state index contributed by atoms with van der Waals surface area (Å²) in [5, 5.41) is 0.304. The van der Waals surface area contributed by atoms with Gasteiger partial charge >= 0.3 is 0 Å². The molecule has 56 valence electrons. The Morgan fingerprint density at radius 2 is 2.18 bits per heavy atom. The Labute approximate surface area is 86.3 Å². The first-order valence-electron chi connectivity index (χ1n) is 4.79. The van der Waals surface area contributed by atoms with Crippen LogP contribution in [0.25, 0.3) is 11.0 Å². The van der Waals surface area contributed by atoms with Gasteiger partial charge in [-0.15, -0.1) is 0 Å². The van der Waals surface area contributed by atoms with E-state index in [1.807, 2.05) is 0 Å². The summed E-state index contributed by atoms with van der Waals surface area (Å²) < 4.78 is 36.0. The topological polar surface area (TPSA) is 13.1 Å². The van der Waals surface area contributed by atoms with E-state index in [1.165, 1.54) is 0 Å². The molecule has 0 fully saturated rings. The highest BCUT2D eigenvalue weighted by Gasteiger charge is 2.01. The van der Waals surface area contributed by atoms with Gasteiger partial charge in [0, 0.05) is 9.86 Å². The minimum absolute atomic E-state index is 0.00907. The lowest BCUT2D eigenvalue weighted by atomic mass is 10.3. The highest BCUT2D eigenvalue weighted by atomic mass is 79.9. The highest BCUT2D eigenvalue weighted by Crippen LogP contribution is 2.27. The van der Waals surface area contributed by atoms with Gasteiger partial charge in [0.15, 0.2) is 0 Å². The van der Waals surface area contributed by atoms with Gasteiger partial charge in [0.2, 0.25) is 0 Å². The second-order valence-electron chi connectivity index (χ2n) is 1.91. The summed E-state index contributed by atoms with van der Waals surface area (Å²) >= 11 is 6.16. The van der Waals surface area contributed by atoms with E-state index in [1.54, 1.807) is 0 Å². The van der Waals surface area contributed by atoms with E-state index in [-0.39, 0.29) is 34.4 Å². The molecule has 2 rings (SSSR count). The molecule has 0 radical (unpaired) electrons. The molecule has 0 aliphatic heterocycles. The Balaban J connectivity index is 3.07. The van der Waals surface area contributed by atoms with Crippen LogP contribution >= 0.6 is 31.9 Å². The van der Waals surface area contributed by atoms with E-state index in [2.05, 4.69) is 31.9 Å². The molecular weight excluding hydrogens is 272 g/mol. The summed E-state index contributed by atoms with van der Waals surface area (Å²) in [5.41, 5.74) is 0.153. The van der Waals surface area contributed by atoms with Crippen LogP contribution in [0.3, 0.4) is 0 Å². The van der Waals surface area contributed by atoms with Crippen LogP contribution in [-0.2, 0) is 0 Å². The van der Waals surface area contributed by atoms with Crippen molar-refractivity contribution in [3.8, 4) is 0 Å². The van der Waals surface area contributed by atoms with Crippen LogP contribution in [0.1, 0.15) is 5.48 Å². The zero-order valence-corrected chi connectivity index (χ0v) is 8.34. The molecule has 0 saturated carbocycles. The first kappa shape index (κ1) is 4.10. The lowest BCUT2D eigenvalue weighted by Crippen LogP contribution is -1.64. The van der Waals surface area contributed by atoms with Crippen molar-refractivity contribution in [2.75, 3.05) is 0 Å². The third kappa shape index (κ3) is 1.23. The molecule has 0 N–H and O–H groups in total. The maximum atomic E-state index is 7.71. The predicted molar refractivity (Wildman–Crippen MR) is 51.6 cm³/mol. The third-order valence-corrected chi connectivity index (χ3v) is 2.16. The van der Waals surface area contributed by atoms with E-state index in [0.29, 0.717) is 9.86 Å². The van der Waals surface area contributed by atoms with Gasteiger partial charge in [-0.05, 0) is 34.1 Å². The van der Waals surface area contributed by atoms with Gasteiger partial charge in [-0.1, -0.05) is 15.9 Å². The van der Waals surface area contributed by atoms with E-state index in [4.69, 9.17) is 9.90 Å². The van der Waals surface area contributed by atoms with Crippen molar-refractivity contribution >= 4 is 42.8 Å². The molecule has 3 heteroatoms. The standard InChI is InChI=1S/C8H4Br2O/c9-5-1-2-6-7(10)4-11-8(6)3-5/h1-4H/i1D,2D,3D,4D. The normalized spacial score (nSPS) is 15.8. The Bertz CT molecular complexity index is 564. The fourth-order valence-corrected chi connectivity index (χ4v) is 1.38. The molecule has 0 spiro atoms. The Morgan fingerprint density at radius 1 is 1.36 bits per heavy atom. The van der Waals surface area contributed by atoms with E-state index < -0.39 is 0 Å². The van der Waals surface area contributed by atoms with Crippen LogP contribution in [0.15, 0.2) is 37.7 Å². The quantitative estimate of drug-likeness (QED) is 0.712. The zero-order chi connectivity index (χ0) is 11.3. The number of fused-ring (bicyclic) bond motifs is 1. The van der Waals surface area contributed by atoms with Gasteiger partial charge in [0.05, 0.1) is 8.58 Å². The molecule has 0 aliphatic rings. The smallest absolute Gasteiger partial charge is 0.136 e. The van der Waals surface area contributed by atoms with Crippen molar-refractivity contribution in [3.63, 3.8) is 0 Å². The number of hydrogen-bond acceptors (Lipinski definition) is 1. The summed E-state index contributed by atoms with van der Waals surface area (Å²) in [6, 6.07) is -0.138. The molecule has 0 bridgehead atoms. The second-order valence-corrected chi connectivity index (χ2v) is 3.50. The van der Waals surface area contributed by atoms with E-state index >= 15 is 0 Å². The number of hydrogen-bond donors (Lipinski definition) is 0. The van der Waals surface area contributed by atoms with Crippen LogP contribution in [0, 0.1) is 0 Å². The molecule has 0 amide bonds. The summed E-state index contributed by atoms with van der Waals surface area (Å²) in [5.74, 6) is 0. The van der Waals surface area contributed by atoms with Crippen molar-refractivity contribution in [1.82, 2.24) is 0 Å². The predicted octanol–water partition coefficient (Wildman–Crippen LogP) is 3.96. The van der Waals surface area contributed by atoms with Crippen molar-refractivity contribution in [3.05, 3.63) is 33.3 Å². The monoisotopic (exact) mass is 278 g/mol. The SMILES string of the molecule is [2H]c1oc2c([2H])c(Br)c([2H])c([2H])c2c1Br. The maximum Gasteiger partial charge on any atom is 0.136 e. The van der Waals surface area contributed by atoms with Gasteiger partial charge in [0.1, 0.15) is 13.2 Å². The third-order valence-electron chi connectivity index (χ3n) is 1.21. The van der Waals surface area contributed by atoms with Crippen LogP contribution in [0.4, 0.5) is 0 Å². The number of rotatable bonds is 0. The molecule has 0 saturated heterocycles. The lowest BCUT2D eigenvalue weighted by molar-refractivity contribution is 0.613. The summed E-state index contributed by atoms with van der Waals surface area (Å²) in [4.78, 5) is 0. The molecule has 0 unspecified atom stereocenters. The van der Waals surface area contributed by atoms with Crippen molar-refractivity contribution in [2.24, 2.45) is 0 Å². The van der Waals surface area contributed by atoms with Gasteiger partial charge in [0.25, 0.3) is 0 Å². The Hall–Kier alpha value is -0.280. The first-order valence-corrected chi connectivity index (χ1v) is 4.37. The summed E-state index contributed by atoms with van der Waals surface area (Å²) in [6.45, 7) is 0. The summed E-state index contributed by atoms with van der Waals surface area (Å²) in [7, 11) is 0. The molecule has 2 aromatic rings. The molecule has 1 aromatic carbocycles. The lowest BCUT2D eigenvalue weighted by Gasteiger charge is -1.88. The molecule has 1 aromatic heterocycles. The second kappa shape index (κ2) is 2.64. The fraction of sp³-hybridized carbons (Fsp3) is 0. The zero-order valence-electron chi connectivity index (χ0n) is 9.16. The minimum atomic E-state index is -0.135. The average Bonchev–Trinajstić information content (AvgIpc) is 2.50. The molecular formula is C8H4Br2O. The van der Waals surface area contributed by atoms with Crippen LogP contribution in [0.2, 0.25) is 0 Å². The van der Waals surface area contributed by atoms with Gasteiger partial charge in [-0.3, -0.25) is 0 Å². The van der Waals surface area contributed by atoms with Crippen LogP contribution < -0.4 is 0 Å². The van der Waals surface area contributed by atoms with Crippen LogP contribution in [0.5, 0.6) is 0 Å². The van der Waals surface area contributed by atoms with Gasteiger partial charge in [-0.25, -0.2) is 0 Å². The highest BCUT2D eigenvalue weighted by molar-refractivity contribution is 9.11. The number of halogens is 2. The fourth-order valence-electron chi connectivity index (χ4n) is 0.746. The van der Waals surface area contributed by atoms with Crippen LogP contribution in [-0.4, -0.2) is 0 Å². The minimum Gasteiger partial charge on any atom is -0.463 e. The van der Waals surface area contributed by atoms with Gasteiger partial charge in [-0.2, -0.15) is 0 Å². The Kier molecular flexibility index (Phi) is 0.985. The van der Waals surface area contributed by atoms with Crippen molar-refractivity contribution in [2.45, 2.75) is 0 Å². The van der Waals surface area contributed by atoms with Gasteiger partial charge < -0.3 is 4.42 Å². The summed E-state index contributed by atoms with van der Waals surface area (Å²) in [6.07, 6.45) is -0.135. The largest absolute Gasteiger partial charge is 0.463 e. The maximum absolute atomic E-state index is 7.71. The van der Waals surface area contributed by atoms with Crippen molar-refractivity contribution < 1.29 is 9.90 Å². The average molecular weight is 280 g/mol. The number of furan rings is 1. The molecule has 0 atom stereocenters. The van der Waals surface area contributed by atoms with Crippen molar-refractivity contribution in [1.29, 1.82) is 0 Å². The molecule has 1 nitrogen and oxygen atoms in total. The molecule has 11 heavy (non-hydrogen) atoms. The Morgan fingerprint density at radius 3 is 3.00 bits per heavy atom. The number of benzene rings is 1. The van der Waals surface area contributed by atoms with E-state index in [0.717, 1.165) is 0 Å². The molecule has 1 heterocycles. The first-order chi connectivity index (χ1) is 6.95.